The number of piperidine rings is 1. The van der Waals surface area contributed by atoms with E-state index < -0.39 is 11.1 Å². The van der Waals surface area contributed by atoms with Gasteiger partial charge in [0.15, 0.2) is 0 Å². The third kappa shape index (κ3) is 4.14. The first-order chi connectivity index (χ1) is 20.0. The summed E-state index contributed by atoms with van der Waals surface area (Å²) in [6, 6.07) is 16.3. The van der Waals surface area contributed by atoms with Gasteiger partial charge in [-0.3, -0.25) is 14.5 Å². The second kappa shape index (κ2) is 9.21. The molecule has 3 aromatic carbocycles. The van der Waals surface area contributed by atoms with Gasteiger partial charge in [-0.15, -0.1) is 0 Å². The minimum atomic E-state index is -0.530. The van der Waals surface area contributed by atoms with Crippen molar-refractivity contribution in [2.45, 2.75) is 77.1 Å². The number of benzene rings is 3. The molecule has 8 nitrogen and oxygen atoms in total. The normalized spacial score (nSPS) is 21.8. The van der Waals surface area contributed by atoms with Gasteiger partial charge in [-0.25, -0.2) is 4.79 Å². The topological polar surface area (TPSA) is 82.2 Å². The fraction of sp³-hybridized carbons (Fsp3) is 0.441. The summed E-state index contributed by atoms with van der Waals surface area (Å²) in [5, 5.41) is 5.44. The van der Waals surface area contributed by atoms with E-state index in [9.17, 15) is 14.4 Å². The third-order valence-corrected chi connectivity index (χ3v) is 9.25. The summed E-state index contributed by atoms with van der Waals surface area (Å²) < 4.78 is 5.65. The molecule has 2 atom stereocenters. The van der Waals surface area contributed by atoms with Gasteiger partial charge < -0.3 is 19.9 Å². The molecule has 8 heteroatoms. The molecule has 2 bridgehead atoms. The van der Waals surface area contributed by atoms with Crippen molar-refractivity contribution in [2.24, 2.45) is 0 Å². The largest absolute Gasteiger partial charge is 0.444 e. The monoisotopic (exact) mass is 566 g/mol. The molecule has 1 aliphatic carbocycles. The summed E-state index contributed by atoms with van der Waals surface area (Å²) in [5.41, 5.74) is 4.34. The van der Waals surface area contributed by atoms with Gasteiger partial charge in [-0.05, 0) is 89.1 Å². The predicted octanol–water partition coefficient (Wildman–Crippen LogP) is 5.75. The molecule has 1 saturated carbocycles. The van der Waals surface area contributed by atoms with Crippen LogP contribution >= 0.6 is 0 Å². The lowest BCUT2D eigenvalue weighted by atomic mass is 9.87. The maximum absolute atomic E-state index is 14.1. The summed E-state index contributed by atoms with van der Waals surface area (Å²) in [5.74, 6) is -0.0534. The second-order valence-electron chi connectivity index (χ2n) is 13.3. The molecule has 8 rings (SSSR count). The van der Waals surface area contributed by atoms with Crippen LogP contribution in [0.4, 0.5) is 16.2 Å². The minimum absolute atomic E-state index is 0.0401. The Bertz CT molecular complexity index is 1640. The molecular formula is C34H38N4O4. The quantitative estimate of drug-likeness (QED) is 0.426. The highest BCUT2D eigenvalue weighted by atomic mass is 16.6. The van der Waals surface area contributed by atoms with Crippen LogP contribution in [0, 0.1) is 6.92 Å². The van der Waals surface area contributed by atoms with E-state index in [-0.39, 0.29) is 30.0 Å². The van der Waals surface area contributed by atoms with Crippen LogP contribution in [0.5, 0.6) is 0 Å². The SMILES string of the molecule is CCN1C(=O)c2cccc3c(C4(NC(=O)c5cc(C)ccc5N5CC6CC(C5)N6C(=O)OC(C)(C)C)CC4)ccc1c23. The molecule has 0 radical (unpaired) electrons. The van der Waals surface area contributed by atoms with E-state index in [0.717, 1.165) is 58.1 Å². The average molecular weight is 567 g/mol. The molecule has 0 aromatic heterocycles. The Hall–Kier alpha value is -4.07. The molecule has 218 valence electrons. The summed E-state index contributed by atoms with van der Waals surface area (Å²) in [4.78, 5) is 45.8. The van der Waals surface area contributed by atoms with Crippen LogP contribution in [0.15, 0.2) is 48.5 Å². The van der Waals surface area contributed by atoms with Crippen LogP contribution in [-0.4, -0.2) is 60.1 Å². The van der Waals surface area contributed by atoms with Crippen molar-refractivity contribution in [3.8, 4) is 0 Å². The van der Waals surface area contributed by atoms with Crippen LogP contribution in [-0.2, 0) is 10.3 Å². The van der Waals surface area contributed by atoms with Crippen molar-refractivity contribution in [2.75, 3.05) is 29.4 Å². The van der Waals surface area contributed by atoms with E-state index in [1.165, 1.54) is 0 Å². The van der Waals surface area contributed by atoms with E-state index in [4.69, 9.17) is 4.74 Å². The number of anilines is 2. The highest BCUT2D eigenvalue weighted by Gasteiger charge is 2.50. The maximum Gasteiger partial charge on any atom is 0.410 e. The van der Waals surface area contributed by atoms with Gasteiger partial charge in [0.2, 0.25) is 0 Å². The van der Waals surface area contributed by atoms with Gasteiger partial charge in [-0.1, -0.05) is 29.8 Å². The lowest BCUT2D eigenvalue weighted by Gasteiger charge is -2.56. The number of hydrogen-bond donors (Lipinski definition) is 1. The van der Waals surface area contributed by atoms with Gasteiger partial charge in [0.05, 0.1) is 28.9 Å². The molecular weight excluding hydrogens is 528 g/mol. The van der Waals surface area contributed by atoms with E-state index in [1.54, 1.807) is 0 Å². The van der Waals surface area contributed by atoms with Crippen LogP contribution < -0.4 is 15.1 Å². The van der Waals surface area contributed by atoms with Crippen LogP contribution in [0.3, 0.4) is 0 Å². The van der Waals surface area contributed by atoms with Gasteiger partial charge in [-0.2, -0.15) is 0 Å². The zero-order valence-electron chi connectivity index (χ0n) is 25.0. The van der Waals surface area contributed by atoms with Crippen molar-refractivity contribution in [3.05, 3.63) is 70.8 Å². The smallest absolute Gasteiger partial charge is 0.410 e. The Labute approximate surface area is 246 Å². The Morgan fingerprint density at radius 1 is 1.02 bits per heavy atom. The van der Waals surface area contributed by atoms with Gasteiger partial charge in [0.25, 0.3) is 11.8 Å². The second-order valence-corrected chi connectivity index (χ2v) is 13.3. The number of rotatable bonds is 5. The Balaban J connectivity index is 1.16. The number of carbonyl (C=O) groups is 3. The molecule has 3 aromatic rings. The average Bonchev–Trinajstić information content (AvgIpc) is 3.65. The highest BCUT2D eigenvalue weighted by Crippen LogP contribution is 2.51. The van der Waals surface area contributed by atoms with E-state index in [1.807, 2.05) is 80.8 Å². The van der Waals surface area contributed by atoms with Gasteiger partial charge in [0, 0.05) is 36.3 Å². The first-order valence-electron chi connectivity index (χ1n) is 15.1. The summed E-state index contributed by atoms with van der Waals surface area (Å²) in [6.45, 7) is 11.6. The molecule has 2 unspecified atom stereocenters. The lowest BCUT2D eigenvalue weighted by molar-refractivity contribution is -0.0379. The van der Waals surface area contributed by atoms with Crippen LogP contribution in [0.2, 0.25) is 0 Å². The number of hydrogen-bond acceptors (Lipinski definition) is 5. The Morgan fingerprint density at radius 3 is 2.40 bits per heavy atom. The van der Waals surface area contributed by atoms with Crippen LogP contribution in [0.1, 0.15) is 78.8 Å². The number of aryl methyl sites for hydroxylation is 1. The zero-order valence-corrected chi connectivity index (χ0v) is 25.0. The molecule has 42 heavy (non-hydrogen) atoms. The van der Waals surface area contributed by atoms with E-state index in [2.05, 4.69) is 22.3 Å². The highest BCUT2D eigenvalue weighted by molar-refractivity contribution is 6.25. The Morgan fingerprint density at radius 2 is 1.74 bits per heavy atom. The first kappa shape index (κ1) is 26.8. The number of ether oxygens (including phenoxy) is 1. The summed E-state index contributed by atoms with van der Waals surface area (Å²) in [7, 11) is 0. The van der Waals surface area contributed by atoms with E-state index in [0.29, 0.717) is 25.2 Å². The molecule has 4 aliphatic heterocycles. The molecule has 4 heterocycles. The summed E-state index contributed by atoms with van der Waals surface area (Å²) >= 11 is 0. The predicted molar refractivity (Wildman–Crippen MR) is 163 cm³/mol. The number of carbonyl (C=O) groups excluding carboxylic acids is 3. The van der Waals surface area contributed by atoms with Crippen molar-refractivity contribution in [1.82, 2.24) is 10.2 Å². The zero-order chi connectivity index (χ0) is 29.6. The summed E-state index contributed by atoms with van der Waals surface area (Å²) in [6.07, 6.45) is 2.40. The third-order valence-electron chi connectivity index (χ3n) is 9.25. The minimum Gasteiger partial charge on any atom is -0.444 e. The standard InChI is InChI=1S/C34H38N4O4/c1-6-37-28-13-11-26(23-8-7-9-24(29(23)28)31(37)40)34(14-15-34)35-30(39)25-16-20(2)10-12-27(25)36-18-21-17-22(19-36)38(21)32(41)42-33(3,4)5/h7-13,16,21-22H,6,14-15,17-19H2,1-5H3,(H,35,39). The first-order valence-corrected chi connectivity index (χ1v) is 15.1. The molecule has 5 aliphatic rings. The number of fused-ring (bicyclic) bond motifs is 2. The number of nitrogens with one attached hydrogen (secondary N) is 1. The molecule has 0 spiro atoms. The van der Waals surface area contributed by atoms with Crippen LogP contribution in [0.25, 0.3) is 10.8 Å². The molecule has 3 amide bonds. The fourth-order valence-corrected chi connectivity index (χ4v) is 7.18. The Kier molecular flexibility index (Phi) is 5.88. The number of amides is 3. The van der Waals surface area contributed by atoms with Crippen molar-refractivity contribution < 1.29 is 19.1 Å². The van der Waals surface area contributed by atoms with Gasteiger partial charge in [0.1, 0.15) is 5.60 Å². The number of piperazine rings is 1. The van der Waals surface area contributed by atoms with Crippen molar-refractivity contribution in [1.29, 1.82) is 0 Å². The molecule has 4 fully saturated rings. The molecule has 3 saturated heterocycles. The number of nitrogens with zero attached hydrogens (tertiary/aromatic N) is 3. The van der Waals surface area contributed by atoms with Crippen molar-refractivity contribution in [3.63, 3.8) is 0 Å². The van der Waals surface area contributed by atoms with Gasteiger partial charge >= 0.3 is 6.09 Å². The maximum atomic E-state index is 14.1. The fourth-order valence-electron chi connectivity index (χ4n) is 7.18. The van der Waals surface area contributed by atoms with E-state index >= 15 is 0 Å². The lowest BCUT2D eigenvalue weighted by Crippen LogP contribution is -2.70. The molecule has 1 N–H and O–H groups in total. The van der Waals surface area contributed by atoms with Crippen molar-refractivity contribution >= 4 is 40.1 Å².